The van der Waals surface area contributed by atoms with E-state index < -0.39 is 17.6 Å². The topological polar surface area (TPSA) is 96.0 Å². The number of anilines is 3. The van der Waals surface area contributed by atoms with Gasteiger partial charge in [-0.05, 0) is 48.0 Å². The van der Waals surface area contributed by atoms with E-state index in [1.165, 1.54) is 25.1 Å². The molecule has 0 saturated carbocycles. The van der Waals surface area contributed by atoms with Gasteiger partial charge in [0.05, 0.1) is 11.3 Å². The molecule has 1 heterocycles. The van der Waals surface area contributed by atoms with Crippen LogP contribution in [0.3, 0.4) is 0 Å². The third kappa shape index (κ3) is 6.69. The Labute approximate surface area is 210 Å². The summed E-state index contributed by atoms with van der Waals surface area (Å²) in [5, 5.41) is 8.29. The predicted molar refractivity (Wildman–Crippen MR) is 134 cm³/mol. The molecular weight excluding hydrogens is 483 g/mol. The Kier molecular flexibility index (Phi) is 7.47. The number of amides is 2. The SMILES string of the molecule is CC(=O)Nc1ccc(-c2ccnc(Nc3cccc(C(=O)NCc4ccccc4C(F)(F)F)c3)n2)cc1. The standard InChI is InChI=1S/C27H22F3N5O2/c1-17(36)33-21-11-9-18(10-12-21)24-13-14-31-26(35-24)34-22-7-4-6-19(15-22)25(37)32-16-20-5-2-3-8-23(20)27(28,29)30/h2-15H,16H2,1H3,(H,32,37)(H,33,36)(H,31,34,35). The van der Waals surface area contributed by atoms with Crippen molar-refractivity contribution in [2.75, 3.05) is 10.6 Å². The van der Waals surface area contributed by atoms with Crippen molar-refractivity contribution in [2.45, 2.75) is 19.6 Å². The number of nitrogens with zero attached hydrogens (tertiary/aromatic N) is 2. The number of benzene rings is 3. The van der Waals surface area contributed by atoms with E-state index in [1.807, 2.05) is 12.1 Å². The van der Waals surface area contributed by atoms with Crippen molar-refractivity contribution < 1.29 is 22.8 Å². The summed E-state index contributed by atoms with van der Waals surface area (Å²) in [7, 11) is 0. The zero-order valence-corrected chi connectivity index (χ0v) is 19.6. The maximum atomic E-state index is 13.2. The van der Waals surface area contributed by atoms with E-state index in [4.69, 9.17) is 0 Å². The van der Waals surface area contributed by atoms with E-state index in [0.29, 0.717) is 23.0 Å². The number of halogens is 3. The fraction of sp³-hybridized carbons (Fsp3) is 0.111. The van der Waals surface area contributed by atoms with E-state index in [1.54, 1.807) is 48.7 Å². The zero-order valence-electron chi connectivity index (χ0n) is 19.6. The molecule has 10 heteroatoms. The van der Waals surface area contributed by atoms with Crippen LogP contribution in [0.25, 0.3) is 11.3 Å². The monoisotopic (exact) mass is 505 g/mol. The molecule has 0 aliphatic heterocycles. The summed E-state index contributed by atoms with van der Waals surface area (Å²) in [6.07, 6.45) is -2.92. The van der Waals surface area contributed by atoms with Crippen LogP contribution in [-0.2, 0) is 17.5 Å². The molecule has 0 fully saturated rings. The molecule has 0 aliphatic carbocycles. The number of hydrogen-bond acceptors (Lipinski definition) is 5. The summed E-state index contributed by atoms with van der Waals surface area (Å²) in [5.41, 5.74) is 2.11. The molecule has 3 aromatic carbocycles. The molecule has 37 heavy (non-hydrogen) atoms. The summed E-state index contributed by atoms with van der Waals surface area (Å²) in [6.45, 7) is 1.17. The van der Waals surface area contributed by atoms with E-state index in [-0.39, 0.29) is 23.6 Å². The normalized spacial score (nSPS) is 11.0. The van der Waals surface area contributed by atoms with E-state index in [9.17, 15) is 22.8 Å². The fourth-order valence-corrected chi connectivity index (χ4v) is 3.60. The molecule has 188 valence electrons. The highest BCUT2D eigenvalue weighted by atomic mass is 19.4. The highest BCUT2D eigenvalue weighted by Gasteiger charge is 2.32. The average molecular weight is 506 g/mol. The average Bonchev–Trinajstić information content (AvgIpc) is 2.87. The van der Waals surface area contributed by atoms with Crippen molar-refractivity contribution in [2.24, 2.45) is 0 Å². The first kappa shape index (κ1) is 25.4. The third-order valence-corrected chi connectivity index (χ3v) is 5.30. The second-order valence-electron chi connectivity index (χ2n) is 8.07. The second-order valence-corrected chi connectivity index (χ2v) is 8.07. The van der Waals surface area contributed by atoms with Gasteiger partial charge in [-0.15, -0.1) is 0 Å². The van der Waals surface area contributed by atoms with Crippen LogP contribution in [-0.4, -0.2) is 21.8 Å². The van der Waals surface area contributed by atoms with Crippen LogP contribution in [0.4, 0.5) is 30.5 Å². The Morgan fingerprint density at radius 1 is 0.892 bits per heavy atom. The molecule has 3 N–H and O–H groups in total. The molecule has 4 rings (SSSR count). The first-order valence-corrected chi connectivity index (χ1v) is 11.2. The summed E-state index contributed by atoms with van der Waals surface area (Å²) < 4.78 is 39.6. The Morgan fingerprint density at radius 3 is 2.38 bits per heavy atom. The predicted octanol–water partition coefficient (Wildman–Crippen LogP) is 5.79. The highest BCUT2D eigenvalue weighted by Crippen LogP contribution is 2.31. The third-order valence-electron chi connectivity index (χ3n) is 5.30. The van der Waals surface area contributed by atoms with Crippen LogP contribution >= 0.6 is 0 Å². The summed E-state index contributed by atoms with van der Waals surface area (Å²) in [5.74, 6) is -0.391. The molecule has 0 spiro atoms. The van der Waals surface area contributed by atoms with E-state index in [2.05, 4.69) is 25.9 Å². The number of nitrogens with one attached hydrogen (secondary N) is 3. The lowest BCUT2D eigenvalue weighted by atomic mass is 10.1. The van der Waals surface area contributed by atoms with Gasteiger partial charge in [0.1, 0.15) is 0 Å². The molecule has 0 aliphatic rings. The van der Waals surface area contributed by atoms with Crippen LogP contribution in [0.2, 0.25) is 0 Å². The smallest absolute Gasteiger partial charge is 0.348 e. The minimum atomic E-state index is -4.51. The van der Waals surface area contributed by atoms with E-state index >= 15 is 0 Å². The lowest BCUT2D eigenvalue weighted by Gasteiger charge is -2.13. The maximum absolute atomic E-state index is 13.2. The van der Waals surface area contributed by atoms with Gasteiger partial charge in [-0.1, -0.05) is 36.4 Å². The Hall–Kier alpha value is -4.73. The first-order valence-electron chi connectivity index (χ1n) is 11.2. The number of alkyl halides is 3. The number of aromatic nitrogens is 2. The van der Waals surface area contributed by atoms with Gasteiger partial charge in [0.2, 0.25) is 11.9 Å². The minimum absolute atomic E-state index is 0.0204. The van der Waals surface area contributed by atoms with Gasteiger partial charge in [0.15, 0.2) is 0 Å². The van der Waals surface area contributed by atoms with Crippen molar-refractivity contribution in [3.63, 3.8) is 0 Å². The largest absolute Gasteiger partial charge is 0.416 e. The van der Waals surface area contributed by atoms with Crippen LogP contribution in [0.5, 0.6) is 0 Å². The second kappa shape index (κ2) is 10.9. The van der Waals surface area contributed by atoms with Crippen molar-refractivity contribution in [1.82, 2.24) is 15.3 Å². The van der Waals surface area contributed by atoms with Crippen molar-refractivity contribution >= 4 is 29.1 Å². The summed E-state index contributed by atoms with van der Waals surface area (Å²) in [6, 6.07) is 20.5. The molecule has 2 amide bonds. The lowest BCUT2D eigenvalue weighted by molar-refractivity contribution is -0.138. The zero-order chi connectivity index (χ0) is 26.4. The molecule has 0 unspecified atom stereocenters. The van der Waals surface area contributed by atoms with Gasteiger partial charge in [0.25, 0.3) is 5.91 Å². The number of hydrogen-bond donors (Lipinski definition) is 3. The van der Waals surface area contributed by atoms with Crippen molar-refractivity contribution in [1.29, 1.82) is 0 Å². The van der Waals surface area contributed by atoms with Crippen molar-refractivity contribution in [3.05, 3.63) is 102 Å². The van der Waals surface area contributed by atoms with Crippen LogP contribution in [0.15, 0.2) is 85.1 Å². The molecule has 0 bridgehead atoms. The maximum Gasteiger partial charge on any atom is 0.416 e. The van der Waals surface area contributed by atoms with Gasteiger partial charge in [-0.3, -0.25) is 9.59 Å². The Morgan fingerprint density at radius 2 is 1.65 bits per heavy atom. The van der Waals surface area contributed by atoms with Gasteiger partial charge in [-0.2, -0.15) is 13.2 Å². The van der Waals surface area contributed by atoms with E-state index in [0.717, 1.165) is 11.6 Å². The Balaban J connectivity index is 1.44. The van der Waals surface area contributed by atoms with Crippen LogP contribution in [0, 0.1) is 0 Å². The van der Waals surface area contributed by atoms with Gasteiger partial charge in [0, 0.05) is 42.2 Å². The molecule has 7 nitrogen and oxygen atoms in total. The van der Waals surface area contributed by atoms with Crippen molar-refractivity contribution in [3.8, 4) is 11.3 Å². The first-order chi connectivity index (χ1) is 17.7. The van der Waals surface area contributed by atoms with Crippen LogP contribution < -0.4 is 16.0 Å². The number of carbonyl (C=O) groups excluding carboxylic acids is 2. The quantitative estimate of drug-likeness (QED) is 0.295. The van der Waals surface area contributed by atoms with Gasteiger partial charge >= 0.3 is 6.18 Å². The Bertz CT molecular complexity index is 1420. The number of rotatable bonds is 7. The molecule has 0 atom stereocenters. The molecule has 0 saturated heterocycles. The molecular formula is C27H22F3N5O2. The minimum Gasteiger partial charge on any atom is -0.348 e. The lowest BCUT2D eigenvalue weighted by Crippen LogP contribution is -2.24. The summed E-state index contributed by atoms with van der Waals surface area (Å²) in [4.78, 5) is 32.5. The van der Waals surface area contributed by atoms with Gasteiger partial charge < -0.3 is 16.0 Å². The summed E-state index contributed by atoms with van der Waals surface area (Å²) >= 11 is 0. The van der Waals surface area contributed by atoms with Crippen LogP contribution in [0.1, 0.15) is 28.4 Å². The number of carbonyl (C=O) groups is 2. The van der Waals surface area contributed by atoms with Gasteiger partial charge in [-0.25, -0.2) is 9.97 Å². The molecule has 0 radical (unpaired) electrons. The fourth-order valence-electron chi connectivity index (χ4n) is 3.60. The highest BCUT2D eigenvalue weighted by molar-refractivity contribution is 5.95. The molecule has 1 aromatic heterocycles. The molecule has 4 aromatic rings.